The molecule has 0 radical (unpaired) electrons. The maximum atomic E-state index is 10.4. The first-order valence-electron chi connectivity index (χ1n) is 11.6. The van der Waals surface area contributed by atoms with Gasteiger partial charge in [-0.15, -0.1) is 5.10 Å². The van der Waals surface area contributed by atoms with Gasteiger partial charge < -0.3 is 14.6 Å². The highest BCUT2D eigenvalue weighted by Crippen LogP contribution is 2.50. The summed E-state index contributed by atoms with van der Waals surface area (Å²) in [6.45, 7) is 0. The lowest BCUT2D eigenvalue weighted by molar-refractivity contribution is 0.414. The first-order valence-corrected chi connectivity index (χ1v) is 11.6. The van der Waals surface area contributed by atoms with Gasteiger partial charge >= 0.3 is 0 Å². The number of benzene rings is 4. The zero-order valence-corrected chi connectivity index (χ0v) is 19.3. The monoisotopic (exact) mass is 472 g/mol. The number of hydrogen-bond acceptors (Lipinski definition) is 6. The number of rotatable bonds is 3. The number of methoxy groups -OCH3 is 1. The number of fused-ring (bicyclic) bond motifs is 6. The molecule has 1 atom stereocenters. The molecule has 0 amide bonds. The van der Waals surface area contributed by atoms with Crippen LogP contribution in [0.5, 0.6) is 23.1 Å². The van der Waals surface area contributed by atoms with E-state index in [-0.39, 0.29) is 11.7 Å². The Kier molecular flexibility index (Phi) is 4.44. The van der Waals surface area contributed by atoms with Crippen LogP contribution < -0.4 is 9.47 Å². The Morgan fingerprint density at radius 2 is 1.72 bits per heavy atom. The predicted molar refractivity (Wildman–Crippen MR) is 136 cm³/mol. The van der Waals surface area contributed by atoms with E-state index in [2.05, 4.69) is 46.5 Å². The van der Waals surface area contributed by atoms with Gasteiger partial charge in [-0.1, -0.05) is 60.7 Å². The number of para-hydroxylation sites is 1. The number of ether oxygens (including phenoxy) is 2. The van der Waals surface area contributed by atoms with E-state index in [0.717, 1.165) is 39.0 Å². The second kappa shape index (κ2) is 7.81. The van der Waals surface area contributed by atoms with Crippen molar-refractivity contribution in [1.29, 1.82) is 0 Å². The van der Waals surface area contributed by atoms with Crippen LogP contribution >= 0.6 is 0 Å². The van der Waals surface area contributed by atoms with Gasteiger partial charge in [-0.05, 0) is 35.2 Å². The molecule has 0 spiro atoms. The summed E-state index contributed by atoms with van der Waals surface area (Å²) >= 11 is 0. The van der Waals surface area contributed by atoms with Crippen molar-refractivity contribution in [3.63, 3.8) is 0 Å². The van der Waals surface area contributed by atoms with Crippen molar-refractivity contribution in [3.05, 3.63) is 108 Å². The molecule has 6 aromatic rings. The Labute approximate surface area is 206 Å². The molecule has 2 aromatic heterocycles. The normalized spacial score (nSPS) is 14.3. The van der Waals surface area contributed by atoms with Crippen LogP contribution in [0.4, 0.5) is 0 Å². The molecule has 0 fully saturated rings. The van der Waals surface area contributed by atoms with Crippen LogP contribution in [0.3, 0.4) is 0 Å². The number of hydrogen-bond donors (Lipinski definition) is 1. The molecule has 4 aromatic carbocycles. The van der Waals surface area contributed by atoms with Crippen molar-refractivity contribution in [2.75, 3.05) is 7.11 Å². The van der Waals surface area contributed by atoms with Crippen molar-refractivity contribution >= 4 is 16.4 Å². The minimum atomic E-state index is -0.197. The van der Waals surface area contributed by atoms with Gasteiger partial charge in [-0.2, -0.15) is 0 Å². The maximum absolute atomic E-state index is 10.4. The summed E-state index contributed by atoms with van der Waals surface area (Å²) in [5.41, 5.74) is 4.07. The van der Waals surface area contributed by atoms with E-state index in [1.54, 1.807) is 36.2 Å². The van der Waals surface area contributed by atoms with Gasteiger partial charge in [-0.3, -0.25) is 0 Å². The number of nitrogens with zero attached hydrogens (tertiary/aromatic N) is 4. The van der Waals surface area contributed by atoms with E-state index in [1.165, 1.54) is 0 Å². The molecule has 3 heterocycles. The number of phenolic OH excluding ortho intramolecular Hbond substituents is 1. The van der Waals surface area contributed by atoms with Crippen molar-refractivity contribution in [3.8, 4) is 34.5 Å². The second-order valence-electron chi connectivity index (χ2n) is 8.70. The van der Waals surface area contributed by atoms with Gasteiger partial charge in [0.1, 0.15) is 23.6 Å². The summed E-state index contributed by atoms with van der Waals surface area (Å²) in [6.07, 6.45) is 1.60. The molecule has 0 saturated carbocycles. The summed E-state index contributed by atoms with van der Waals surface area (Å²) in [6, 6.07) is 27.5. The molecule has 36 heavy (non-hydrogen) atoms. The summed E-state index contributed by atoms with van der Waals surface area (Å²) < 4.78 is 13.5. The summed E-state index contributed by atoms with van der Waals surface area (Å²) in [4.78, 5) is 9.49. The second-order valence-corrected chi connectivity index (χ2v) is 8.70. The van der Waals surface area contributed by atoms with E-state index in [1.807, 2.05) is 30.3 Å². The summed E-state index contributed by atoms with van der Waals surface area (Å²) in [5.74, 6) is 2.40. The Bertz CT molecular complexity index is 1780. The maximum Gasteiger partial charge on any atom is 0.228 e. The van der Waals surface area contributed by atoms with Crippen molar-refractivity contribution in [2.45, 2.75) is 5.92 Å². The number of aromatic nitrogens is 4. The topological polar surface area (TPSA) is 81.8 Å². The third-order valence-electron chi connectivity index (χ3n) is 6.69. The molecule has 0 aliphatic carbocycles. The number of aromatic hydroxyl groups is 1. The van der Waals surface area contributed by atoms with Crippen LogP contribution in [0.15, 0.2) is 91.3 Å². The summed E-state index contributed by atoms with van der Waals surface area (Å²) in [5, 5.41) is 17.1. The molecule has 1 aliphatic rings. The van der Waals surface area contributed by atoms with Gasteiger partial charge in [0.05, 0.1) is 18.2 Å². The molecule has 1 aliphatic heterocycles. The molecular formula is C29H20N4O3. The molecule has 174 valence electrons. The lowest BCUT2D eigenvalue weighted by Crippen LogP contribution is -2.15. The van der Waals surface area contributed by atoms with Gasteiger partial charge in [0, 0.05) is 16.9 Å². The van der Waals surface area contributed by atoms with E-state index >= 15 is 0 Å². The van der Waals surface area contributed by atoms with Crippen molar-refractivity contribution < 1.29 is 14.6 Å². The van der Waals surface area contributed by atoms with Crippen molar-refractivity contribution in [2.24, 2.45) is 0 Å². The van der Waals surface area contributed by atoms with Gasteiger partial charge in [0.15, 0.2) is 11.5 Å². The van der Waals surface area contributed by atoms with E-state index in [0.29, 0.717) is 22.9 Å². The van der Waals surface area contributed by atoms with Crippen LogP contribution in [0.1, 0.15) is 22.6 Å². The Hall–Kier alpha value is -4.91. The highest BCUT2D eigenvalue weighted by atomic mass is 16.5. The first kappa shape index (κ1) is 20.5. The van der Waals surface area contributed by atoms with Crippen molar-refractivity contribution in [1.82, 2.24) is 19.6 Å². The van der Waals surface area contributed by atoms with Crippen LogP contribution in [0.2, 0.25) is 0 Å². The largest absolute Gasteiger partial charge is 0.507 e. The number of phenols is 1. The van der Waals surface area contributed by atoms with Gasteiger partial charge in [0.25, 0.3) is 0 Å². The van der Waals surface area contributed by atoms with Crippen LogP contribution in [0.25, 0.3) is 27.8 Å². The molecule has 7 rings (SSSR count). The zero-order chi connectivity index (χ0) is 24.2. The van der Waals surface area contributed by atoms with Crippen LogP contribution in [-0.2, 0) is 0 Å². The van der Waals surface area contributed by atoms with Gasteiger partial charge in [0.2, 0.25) is 5.88 Å². The predicted octanol–water partition coefficient (Wildman–Crippen LogP) is 5.94. The van der Waals surface area contributed by atoms with E-state index in [9.17, 15) is 5.11 Å². The minimum Gasteiger partial charge on any atom is -0.507 e. The van der Waals surface area contributed by atoms with Crippen LogP contribution in [0, 0.1) is 0 Å². The third-order valence-corrected chi connectivity index (χ3v) is 6.69. The molecular weight excluding hydrogens is 452 g/mol. The van der Waals surface area contributed by atoms with Crippen LogP contribution in [-0.4, -0.2) is 31.8 Å². The smallest absolute Gasteiger partial charge is 0.228 e. The third kappa shape index (κ3) is 3.03. The standard InChI is InChI=1S/C29H20N4O3/c1-35-19-13-10-18(11-14-19)24-22-15-12-17-6-2-3-7-20(17)26(22)36-29-25(24)28-31-27(32-33(28)16-30-29)21-8-4-5-9-23(21)34/h2-16,24,34H,1H3. The molecule has 0 bridgehead atoms. The minimum absolute atomic E-state index is 0.120. The highest BCUT2D eigenvalue weighted by Gasteiger charge is 2.34. The summed E-state index contributed by atoms with van der Waals surface area (Å²) in [7, 11) is 1.66. The average Bonchev–Trinajstić information content (AvgIpc) is 3.36. The van der Waals surface area contributed by atoms with E-state index < -0.39 is 0 Å². The molecule has 7 nitrogen and oxygen atoms in total. The zero-order valence-electron chi connectivity index (χ0n) is 19.3. The molecule has 0 saturated heterocycles. The van der Waals surface area contributed by atoms with E-state index in [4.69, 9.17) is 14.5 Å². The quantitative estimate of drug-likeness (QED) is 0.343. The fourth-order valence-electron chi connectivity index (χ4n) is 4.97. The van der Waals surface area contributed by atoms with Gasteiger partial charge in [-0.25, -0.2) is 14.5 Å². The molecule has 1 N–H and O–H groups in total. The molecule has 7 heteroatoms. The Balaban J connectivity index is 1.51. The Morgan fingerprint density at radius 1 is 0.917 bits per heavy atom. The Morgan fingerprint density at radius 3 is 2.56 bits per heavy atom. The first-order chi connectivity index (χ1) is 17.7. The molecule has 1 unspecified atom stereocenters. The lowest BCUT2D eigenvalue weighted by atomic mass is 9.83. The highest BCUT2D eigenvalue weighted by molar-refractivity contribution is 5.91. The average molecular weight is 473 g/mol. The SMILES string of the molecule is COc1ccc(C2c3ccc4ccccc4c3Oc3ncn4nc(-c5ccccc5O)nc4c32)cc1. The lowest BCUT2D eigenvalue weighted by Gasteiger charge is -2.28. The fourth-order valence-corrected chi connectivity index (χ4v) is 4.97. The fraction of sp³-hybridized carbons (Fsp3) is 0.0690.